The first kappa shape index (κ1) is 7.73. The maximum absolute atomic E-state index is 2.40. The molecule has 2 saturated heterocycles. The molecule has 0 nitrogen and oxygen atoms in total. The van der Waals surface area contributed by atoms with E-state index < -0.39 is 0 Å². The molecule has 4 aliphatic rings. The molecule has 0 aromatic rings. The van der Waals surface area contributed by atoms with E-state index in [4.69, 9.17) is 0 Å². The molecule has 68 valence electrons. The number of hydrogen-bond acceptors (Lipinski definition) is 1. The summed E-state index contributed by atoms with van der Waals surface area (Å²) in [7, 11) is 0. The van der Waals surface area contributed by atoms with Crippen LogP contribution in [0.4, 0.5) is 0 Å². The van der Waals surface area contributed by atoms with Crippen LogP contribution in [0.25, 0.3) is 0 Å². The van der Waals surface area contributed by atoms with E-state index in [1.807, 2.05) is 0 Å². The molecular formula is C11H18S. The molecule has 4 rings (SSSR count). The van der Waals surface area contributed by atoms with Crippen molar-refractivity contribution in [2.24, 2.45) is 17.8 Å². The van der Waals surface area contributed by atoms with Crippen LogP contribution >= 0.6 is 11.8 Å². The van der Waals surface area contributed by atoms with Crippen LogP contribution in [0.1, 0.15) is 39.0 Å². The van der Waals surface area contributed by atoms with Crippen LogP contribution in [0.3, 0.4) is 0 Å². The van der Waals surface area contributed by atoms with E-state index in [0.29, 0.717) is 0 Å². The maximum atomic E-state index is 2.40. The highest BCUT2D eigenvalue weighted by atomic mass is 32.2. The molecule has 0 amide bonds. The second kappa shape index (κ2) is 2.67. The first-order chi connectivity index (χ1) is 5.86. The minimum absolute atomic E-state index is 1.08. The van der Waals surface area contributed by atoms with E-state index in [-0.39, 0.29) is 0 Å². The van der Waals surface area contributed by atoms with Crippen LogP contribution in [0.2, 0.25) is 0 Å². The minimum Gasteiger partial charge on any atom is -0.155 e. The van der Waals surface area contributed by atoms with Gasteiger partial charge in [0, 0.05) is 10.5 Å². The molecule has 12 heavy (non-hydrogen) atoms. The van der Waals surface area contributed by atoms with Gasteiger partial charge >= 0.3 is 0 Å². The fourth-order valence-electron chi connectivity index (χ4n) is 3.98. The summed E-state index contributed by atoms with van der Waals surface area (Å²) in [4.78, 5) is 0. The molecule has 2 saturated carbocycles. The summed E-state index contributed by atoms with van der Waals surface area (Å²) in [5, 5.41) is 2.16. The second-order valence-electron chi connectivity index (χ2n) is 4.92. The zero-order chi connectivity index (χ0) is 8.13. The van der Waals surface area contributed by atoms with Gasteiger partial charge in [-0.1, -0.05) is 13.3 Å². The van der Waals surface area contributed by atoms with E-state index in [9.17, 15) is 0 Å². The topological polar surface area (TPSA) is 0 Å². The van der Waals surface area contributed by atoms with Crippen molar-refractivity contribution < 1.29 is 0 Å². The van der Waals surface area contributed by atoms with E-state index in [2.05, 4.69) is 18.7 Å². The lowest BCUT2D eigenvalue weighted by atomic mass is 9.63. The molecule has 1 heteroatoms. The fraction of sp³-hybridized carbons (Fsp3) is 1.00. The maximum Gasteiger partial charge on any atom is 0.00553 e. The summed E-state index contributed by atoms with van der Waals surface area (Å²) in [5.41, 5.74) is 0. The zero-order valence-electron chi connectivity index (χ0n) is 7.83. The Bertz CT molecular complexity index is 159. The van der Waals surface area contributed by atoms with Crippen molar-refractivity contribution in [1.29, 1.82) is 0 Å². The Balaban J connectivity index is 1.86. The normalized spacial score (nSPS) is 56.2. The lowest BCUT2D eigenvalue weighted by molar-refractivity contribution is 0.0859. The van der Waals surface area contributed by atoms with E-state index in [1.54, 1.807) is 25.7 Å². The molecule has 0 unspecified atom stereocenters. The monoisotopic (exact) mass is 182 g/mol. The van der Waals surface area contributed by atoms with Crippen LogP contribution in [0.15, 0.2) is 0 Å². The third-order valence-electron chi connectivity index (χ3n) is 4.33. The first-order valence-corrected chi connectivity index (χ1v) is 6.46. The third-order valence-corrected chi connectivity index (χ3v) is 5.87. The van der Waals surface area contributed by atoms with Gasteiger partial charge in [-0.05, 0) is 43.4 Å². The smallest absolute Gasteiger partial charge is 0.00553 e. The predicted molar refractivity (Wildman–Crippen MR) is 54.4 cm³/mol. The highest BCUT2D eigenvalue weighted by Gasteiger charge is 2.47. The number of rotatable bonds is 1. The SMILES string of the molecule is CCC1C2CC3CC1CC(C2)S3. The quantitative estimate of drug-likeness (QED) is 0.599. The largest absolute Gasteiger partial charge is 0.155 e. The van der Waals surface area contributed by atoms with E-state index in [1.165, 1.54) is 6.42 Å². The average molecular weight is 182 g/mol. The Morgan fingerprint density at radius 1 is 1.00 bits per heavy atom. The highest BCUT2D eigenvalue weighted by Crippen LogP contribution is 2.57. The molecule has 0 radical (unpaired) electrons. The van der Waals surface area contributed by atoms with Gasteiger partial charge in [0.1, 0.15) is 0 Å². The summed E-state index contributed by atoms with van der Waals surface area (Å²) in [6, 6.07) is 0. The van der Waals surface area contributed by atoms with Crippen LogP contribution < -0.4 is 0 Å². The van der Waals surface area contributed by atoms with Crippen molar-refractivity contribution in [2.45, 2.75) is 49.5 Å². The summed E-state index contributed by atoms with van der Waals surface area (Å²) >= 11 is 2.32. The van der Waals surface area contributed by atoms with Gasteiger partial charge in [0.05, 0.1) is 0 Å². The van der Waals surface area contributed by atoms with Crippen LogP contribution in [0.5, 0.6) is 0 Å². The molecule has 0 aromatic carbocycles. The Morgan fingerprint density at radius 2 is 1.50 bits per heavy atom. The van der Waals surface area contributed by atoms with Gasteiger partial charge < -0.3 is 0 Å². The van der Waals surface area contributed by atoms with Crippen molar-refractivity contribution >= 4 is 11.8 Å². The fourth-order valence-corrected chi connectivity index (χ4v) is 5.96. The van der Waals surface area contributed by atoms with E-state index in [0.717, 1.165) is 28.3 Å². The van der Waals surface area contributed by atoms with E-state index >= 15 is 0 Å². The molecule has 0 atom stereocenters. The molecule has 4 bridgehead atoms. The average Bonchev–Trinajstić information content (AvgIpc) is 2.02. The summed E-state index contributed by atoms with van der Waals surface area (Å²) < 4.78 is 0. The summed E-state index contributed by atoms with van der Waals surface area (Å²) in [6.07, 6.45) is 7.72. The van der Waals surface area contributed by atoms with Crippen molar-refractivity contribution in [2.75, 3.05) is 0 Å². The van der Waals surface area contributed by atoms with Crippen LogP contribution in [-0.4, -0.2) is 10.5 Å². The Hall–Kier alpha value is 0.350. The van der Waals surface area contributed by atoms with Crippen LogP contribution in [0, 0.1) is 17.8 Å². The Kier molecular flexibility index (Phi) is 1.72. The summed E-state index contributed by atoms with van der Waals surface area (Å²) in [6.45, 7) is 2.40. The van der Waals surface area contributed by atoms with Gasteiger partial charge in [-0.2, -0.15) is 11.8 Å². The second-order valence-corrected chi connectivity index (χ2v) is 6.52. The lowest BCUT2D eigenvalue weighted by Crippen LogP contribution is -2.46. The van der Waals surface area contributed by atoms with Gasteiger partial charge in [-0.25, -0.2) is 0 Å². The Labute approximate surface area is 79.5 Å². The molecule has 2 aliphatic heterocycles. The minimum atomic E-state index is 1.08. The van der Waals surface area contributed by atoms with Gasteiger partial charge in [0.2, 0.25) is 0 Å². The lowest BCUT2D eigenvalue weighted by Gasteiger charge is -2.54. The van der Waals surface area contributed by atoms with Crippen molar-refractivity contribution in [1.82, 2.24) is 0 Å². The van der Waals surface area contributed by atoms with Crippen molar-refractivity contribution in [3.8, 4) is 0 Å². The Morgan fingerprint density at radius 3 is 1.92 bits per heavy atom. The highest BCUT2D eigenvalue weighted by molar-refractivity contribution is 8.00. The van der Waals surface area contributed by atoms with Crippen molar-refractivity contribution in [3.05, 3.63) is 0 Å². The van der Waals surface area contributed by atoms with Gasteiger partial charge in [0.25, 0.3) is 0 Å². The number of hydrogen-bond donors (Lipinski definition) is 0. The van der Waals surface area contributed by atoms with Crippen LogP contribution in [-0.2, 0) is 0 Å². The molecule has 0 aromatic heterocycles. The van der Waals surface area contributed by atoms with Crippen molar-refractivity contribution in [3.63, 3.8) is 0 Å². The molecule has 0 spiro atoms. The standard InChI is InChI=1S/C11H18S/c1-2-11-7-3-9-5-8(11)6-10(4-7)12-9/h7-11H,2-6H2,1H3. The predicted octanol–water partition coefficient (Wildman–Crippen LogP) is 3.32. The van der Waals surface area contributed by atoms with Gasteiger partial charge in [0.15, 0.2) is 0 Å². The first-order valence-electron chi connectivity index (χ1n) is 5.52. The zero-order valence-corrected chi connectivity index (χ0v) is 8.65. The summed E-state index contributed by atoms with van der Waals surface area (Å²) in [5.74, 6) is 3.40. The number of thioether (sulfide) groups is 1. The van der Waals surface area contributed by atoms with Gasteiger partial charge in [-0.3, -0.25) is 0 Å². The molecular weight excluding hydrogens is 164 g/mol. The third kappa shape index (κ3) is 0.982. The molecule has 4 fully saturated rings. The molecule has 2 aliphatic carbocycles. The molecule has 2 heterocycles. The van der Waals surface area contributed by atoms with Gasteiger partial charge in [-0.15, -0.1) is 0 Å². The molecule has 0 N–H and O–H groups in total.